The third-order valence-electron chi connectivity index (χ3n) is 4.35. The average Bonchev–Trinajstić information content (AvgIpc) is 2.85. The Labute approximate surface area is 110 Å². The molecule has 2 aliphatic rings. The number of carbonyl (C=O) groups is 1. The van der Waals surface area contributed by atoms with Gasteiger partial charge < -0.3 is 4.90 Å². The summed E-state index contributed by atoms with van der Waals surface area (Å²) in [5, 5.41) is 0. The number of halogens is 2. The van der Waals surface area contributed by atoms with Gasteiger partial charge in [0.2, 0.25) is 5.95 Å². The molecule has 2 fully saturated rings. The van der Waals surface area contributed by atoms with E-state index in [4.69, 9.17) is 0 Å². The molecule has 1 saturated carbocycles. The summed E-state index contributed by atoms with van der Waals surface area (Å²) in [5.41, 5.74) is -0.196. The summed E-state index contributed by atoms with van der Waals surface area (Å²) < 4.78 is 26.7. The van der Waals surface area contributed by atoms with Crippen molar-refractivity contribution in [3.63, 3.8) is 0 Å². The molecule has 0 aromatic carbocycles. The van der Waals surface area contributed by atoms with Gasteiger partial charge >= 0.3 is 0 Å². The van der Waals surface area contributed by atoms with Gasteiger partial charge in [0.05, 0.1) is 5.56 Å². The van der Waals surface area contributed by atoms with Crippen molar-refractivity contribution in [3.8, 4) is 0 Å². The van der Waals surface area contributed by atoms with E-state index in [2.05, 4.69) is 4.98 Å². The van der Waals surface area contributed by atoms with Crippen molar-refractivity contribution in [2.45, 2.75) is 38.1 Å². The highest BCUT2D eigenvalue weighted by molar-refractivity contribution is 5.94. The van der Waals surface area contributed by atoms with Crippen LogP contribution in [0.25, 0.3) is 0 Å². The molecule has 2 unspecified atom stereocenters. The number of aromatic nitrogens is 1. The predicted octanol–water partition coefficient (Wildman–Crippen LogP) is 2.76. The minimum absolute atomic E-state index is 0.196. The van der Waals surface area contributed by atoms with E-state index in [-0.39, 0.29) is 11.6 Å². The molecule has 1 aromatic rings. The maximum Gasteiger partial charge on any atom is 0.257 e. The normalized spacial score (nSPS) is 26.3. The summed E-state index contributed by atoms with van der Waals surface area (Å²) in [7, 11) is 0. The fraction of sp³-hybridized carbons (Fsp3) is 0.571. The monoisotopic (exact) mass is 266 g/mol. The van der Waals surface area contributed by atoms with Gasteiger partial charge in [0, 0.05) is 18.8 Å². The lowest BCUT2D eigenvalue weighted by atomic mass is 9.85. The molecular weight excluding hydrogens is 250 g/mol. The fourth-order valence-corrected chi connectivity index (χ4v) is 3.40. The van der Waals surface area contributed by atoms with Crippen molar-refractivity contribution < 1.29 is 13.6 Å². The van der Waals surface area contributed by atoms with E-state index in [0.29, 0.717) is 12.5 Å². The first-order valence-electron chi connectivity index (χ1n) is 6.79. The molecule has 1 aliphatic heterocycles. The van der Waals surface area contributed by atoms with Gasteiger partial charge in [-0.25, -0.2) is 9.37 Å². The van der Waals surface area contributed by atoms with Crippen molar-refractivity contribution in [3.05, 3.63) is 29.6 Å². The number of rotatable bonds is 1. The van der Waals surface area contributed by atoms with Gasteiger partial charge in [-0.1, -0.05) is 12.8 Å². The zero-order valence-corrected chi connectivity index (χ0v) is 10.6. The minimum Gasteiger partial charge on any atom is -0.335 e. The van der Waals surface area contributed by atoms with Gasteiger partial charge in [0.15, 0.2) is 5.82 Å². The second-order valence-electron chi connectivity index (χ2n) is 5.36. The average molecular weight is 266 g/mol. The van der Waals surface area contributed by atoms with Crippen LogP contribution in [0.15, 0.2) is 12.3 Å². The molecule has 2 atom stereocenters. The molecule has 1 aliphatic carbocycles. The first kappa shape index (κ1) is 12.5. The van der Waals surface area contributed by atoms with Crippen molar-refractivity contribution in [2.24, 2.45) is 5.92 Å². The highest BCUT2D eigenvalue weighted by Gasteiger charge is 2.39. The highest BCUT2D eigenvalue weighted by atomic mass is 19.2. The molecule has 1 amide bonds. The fourth-order valence-electron chi connectivity index (χ4n) is 3.40. The topological polar surface area (TPSA) is 33.2 Å². The SMILES string of the molecule is O=C(c1ccnc(F)c1F)N1CCC2CCCCC21. The van der Waals surface area contributed by atoms with Gasteiger partial charge in [0.1, 0.15) is 0 Å². The van der Waals surface area contributed by atoms with E-state index in [1.54, 1.807) is 4.90 Å². The van der Waals surface area contributed by atoms with E-state index in [0.717, 1.165) is 31.9 Å². The zero-order valence-electron chi connectivity index (χ0n) is 10.6. The molecular formula is C14H16F2N2O. The van der Waals surface area contributed by atoms with Crippen LogP contribution >= 0.6 is 0 Å². The number of carbonyl (C=O) groups excluding carboxylic acids is 1. The quantitative estimate of drug-likeness (QED) is 0.732. The maximum absolute atomic E-state index is 13.6. The Hall–Kier alpha value is -1.52. The number of amides is 1. The van der Waals surface area contributed by atoms with Crippen LogP contribution in [0, 0.1) is 17.7 Å². The molecule has 0 radical (unpaired) electrons. The van der Waals surface area contributed by atoms with E-state index >= 15 is 0 Å². The lowest BCUT2D eigenvalue weighted by molar-refractivity contribution is 0.0684. The van der Waals surface area contributed by atoms with E-state index in [1.807, 2.05) is 0 Å². The molecule has 0 N–H and O–H groups in total. The first-order valence-corrected chi connectivity index (χ1v) is 6.79. The Balaban J connectivity index is 1.86. The van der Waals surface area contributed by atoms with E-state index < -0.39 is 17.7 Å². The molecule has 102 valence electrons. The van der Waals surface area contributed by atoms with Crippen LogP contribution in [-0.4, -0.2) is 28.4 Å². The van der Waals surface area contributed by atoms with Crippen LogP contribution in [0.4, 0.5) is 8.78 Å². The lowest BCUT2D eigenvalue weighted by Gasteiger charge is -2.31. The van der Waals surface area contributed by atoms with Gasteiger partial charge in [-0.05, 0) is 31.2 Å². The van der Waals surface area contributed by atoms with Gasteiger partial charge in [-0.2, -0.15) is 4.39 Å². The Morgan fingerprint density at radius 2 is 2.05 bits per heavy atom. The summed E-state index contributed by atoms with van der Waals surface area (Å²) in [6, 6.07) is 1.47. The Morgan fingerprint density at radius 3 is 2.89 bits per heavy atom. The number of hydrogen-bond donors (Lipinski definition) is 0. The second-order valence-corrected chi connectivity index (χ2v) is 5.36. The first-order chi connectivity index (χ1) is 9.18. The minimum atomic E-state index is -1.20. The number of fused-ring (bicyclic) bond motifs is 1. The van der Waals surface area contributed by atoms with Crippen molar-refractivity contribution in [2.75, 3.05) is 6.54 Å². The smallest absolute Gasteiger partial charge is 0.257 e. The Morgan fingerprint density at radius 1 is 1.26 bits per heavy atom. The Kier molecular flexibility index (Phi) is 3.21. The number of nitrogens with zero attached hydrogens (tertiary/aromatic N) is 2. The van der Waals surface area contributed by atoms with Crippen molar-refractivity contribution in [1.82, 2.24) is 9.88 Å². The number of likely N-dealkylation sites (tertiary alicyclic amines) is 1. The number of pyridine rings is 1. The molecule has 0 bridgehead atoms. The summed E-state index contributed by atoms with van der Waals surface area (Å²) in [6.07, 6.45) is 6.55. The molecule has 5 heteroatoms. The van der Waals surface area contributed by atoms with Gasteiger partial charge in [0.25, 0.3) is 5.91 Å². The highest BCUT2D eigenvalue weighted by Crippen LogP contribution is 2.37. The van der Waals surface area contributed by atoms with Crippen LogP contribution in [0.5, 0.6) is 0 Å². The van der Waals surface area contributed by atoms with Crippen LogP contribution in [0.1, 0.15) is 42.5 Å². The Bertz CT molecular complexity index is 506. The predicted molar refractivity (Wildman–Crippen MR) is 65.6 cm³/mol. The molecule has 1 saturated heterocycles. The lowest BCUT2D eigenvalue weighted by Crippen LogP contribution is -2.39. The van der Waals surface area contributed by atoms with Crippen LogP contribution in [-0.2, 0) is 0 Å². The summed E-state index contributed by atoms with van der Waals surface area (Å²) >= 11 is 0. The van der Waals surface area contributed by atoms with Gasteiger partial charge in [-0.3, -0.25) is 4.79 Å². The third-order valence-corrected chi connectivity index (χ3v) is 4.35. The van der Waals surface area contributed by atoms with E-state index in [1.165, 1.54) is 12.5 Å². The van der Waals surface area contributed by atoms with Crippen LogP contribution in [0.2, 0.25) is 0 Å². The third kappa shape index (κ3) is 2.11. The van der Waals surface area contributed by atoms with Crippen molar-refractivity contribution >= 4 is 5.91 Å². The summed E-state index contributed by atoms with van der Waals surface area (Å²) in [4.78, 5) is 17.3. The summed E-state index contributed by atoms with van der Waals surface area (Å²) in [5.74, 6) is -2.20. The molecule has 19 heavy (non-hydrogen) atoms. The molecule has 2 heterocycles. The number of hydrogen-bond acceptors (Lipinski definition) is 2. The molecule has 3 rings (SSSR count). The molecule has 0 spiro atoms. The zero-order chi connectivity index (χ0) is 13.4. The van der Waals surface area contributed by atoms with Gasteiger partial charge in [-0.15, -0.1) is 0 Å². The largest absolute Gasteiger partial charge is 0.335 e. The van der Waals surface area contributed by atoms with Crippen LogP contribution < -0.4 is 0 Å². The second kappa shape index (κ2) is 4.87. The van der Waals surface area contributed by atoms with E-state index in [9.17, 15) is 13.6 Å². The van der Waals surface area contributed by atoms with Crippen LogP contribution in [0.3, 0.4) is 0 Å². The maximum atomic E-state index is 13.6. The summed E-state index contributed by atoms with van der Waals surface area (Å²) in [6.45, 7) is 0.650. The molecule has 1 aromatic heterocycles. The molecule has 3 nitrogen and oxygen atoms in total. The van der Waals surface area contributed by atoms with Crippen molar-refractivity contribution in [1.29, 1.82) is 0 Å². The standard InChI is InChI=1S/C14H16F2N2O/c15-12-10(5-7-17-13(12)16)14(19)18-8-6-9-3-1-2-4-11(9)18/h5,7,9,11H,1-4,6,8H2.